The van der Waals surface area contributed by atoms with Gasteiger partial charge in [-0.2, -0.15) is 24.5 Å². The summed E-state index contributed by atoms with van der Waals surface area (Å²) >= 11 is 1.71. The smallest absolute Gasteiger partial charge is 0.279 e. The van der Waals surface area contributed by atoms with Crippen molar-refractivity contribution in [3.05, 3.63) is 0 Å². The van der Waals surface area contributed by atoms with E-state index < -0.39 is 10.2 Å². The van der Waals surface area contributed by atoms with E-state index in [0.717, 1.165) is 25.0 Å². The first kappa shape index (κ1) is 15.2. The number of hydrogen-bond acceptors (Lipinski definition) is 4. The summed E-state index contributed by atoms with van der Waals surface area (Å²) in [6.45, 7) is 1.70. The molecule has 1 fully saturated rings. The second kappa shape index (κ2) is 7.58. The molecule has 1 aliphatic rings. The fourth-order valence-electron chi connectivity index (χ4n) is 1.84. The summed E-state index contributed by atoms with van der Waals surface area (Å²) in [6, 6.07) is 0. The van der Waals surface area contributed by atoms with Crippen molar-refractivity contribution in [3.8, 4) is 0 Å². The fraction of sp³-hybridized carbons (Fsp3) is 1.00. The summed E-state index contributed by atoms with van der Waals surface area (Å²) in [7, 11) is -3.30. The summed E-state index contributed by atoms with van der Waals surface area (Å²) in [6.07, 6.45) is 4.37. The van der Waals surface area contributed by atoms with Crippen LogP contribution in [0.5, 0.6) is 0 Å². The van der Waals surface area contributed by atoms with Crippen LogP contribution in [0.1, 0.15) is 19.3 Å². The molecule has 1 saturated heterocycles. The first-order valence-electron chi connectivity index (χ1n) is 5.94. The number of nitrogens with zero attached hydrogens (tertiary/aromatic N) is 1. The van der Waals surface area contributed by atoms with Crippen molar-refractivity contribution >= 4 is 22.0 Å². The zero-order chi connectivity index (χ0) is 12.7. The maximum Gasteiger partial charge on any atom is 0.279 e. The summed E-state index contributed by atoms with van der Waals surface area (Å²) in [5.41, 5.74) is 0. The molecule has 0 aliphatic carbocycles. The number of aliphatic hydroxyl groups is 1. The van der Waals surface area contributed by atoms with Crippen LogP contribution in [0.25, 0.3) is 0 Å². The molecule has 102 valence electrons. The highest BCUT2D eigenvalue weighted by Crippen LogP contribution is 2.18. The van der Waals surface area contributed by atoms with Crippen LogP contribution in [0.15, 0.2) is 0 Å². The quantitative estimate of drug-likeness (QED) is 0.658. The van der Waals surface area contributed by atoms with Gasteiger partial charge in [0.2, 0.25) is 0 Å². The van der Waals surface area contributed by atoms with Gasteiger partial charge in [0.1, 0.15) is 0 Å². The molecular weight excluding hydrogens is 260 g/mol. The third-order valence-corrected chi connectivity index (χ3v) is 5.29. The van der Waals surface area contributed by atoms with E-state index in [2.05, 4.69) is 4.72 Å². The predicted molar refractivity (Wildman–Crippen MR) is 71.3 cm³/mol. The van der Waals surface area contributed by atoms with Crippen LogP contribution >= 0.6 is 11.8 Å². The van der Waals surface area contributed by atoms with Gasteiger partial charge in [-0.15, -0.1) is 0 Å². The Labute approximate surface area is 108 Å². The van der Waals surface area contributed by atoms with Crippen molar-refractivity contribution in [2.45, 2.75) is 19.3 Å². The van der Waals surface area contributed by atoms with E-state index in [9.17, 15) is 8.42 Å². The zero-order valence-corrected chi connectivity index (χ0v) is 11.9. The Bertz CT molecular complexity index is 301. The van der Waals surface area contributed by atoms with E-state index in [0.29, 0.717) is 19.6 Å². The second-order valence-corrected chi connectivity index (χ2v) is 7.01. The van der Waals surface area contributed by atoms with Crippen molar-refractivity contribution in [2.24, 2.45) is 5.92 Å². The number of rotatable bonds is 7. The molecule has 0 atom stereocenters. The standard InChI is InChI=1S/C10H22N2O3S2/c1-16-8-2-5-11-17(14,15)12-6-3-10(9-13)4-7-12/h10-11,13H,2-9H2,1H3. The molecule has 1 rings (SSSR count). The number of hydrogen-bond donors (Lipinski definition) is 2. The van der Waals surface area contributed by atoms with Crippen molar-refractivity contribution in [1.29, 1.82) is 0 Å². The van der Waals surface area contributed by atoms with E-state index in [1.165, 1.54) is 4.31 Å². The topological polar surface area (TPSA) is 69.6 Å². The predicted octanol–water partition coefficient (Wildman–Crippen LogP) is 0.278. The van der Waals surface area contributed by atoms with Gasteiger partial charge in [-0.05, 0) is 37.2 Å². The van der Waals surface area contributed by atoms with E-state index >= 15 is 0 Å². The SMILES string of the molecule is CSCCCNS(=O)(=O)N1CCC(CO)CC1. The maximum absolute atomic E-state index is 11.9. The molecule has 17 heavy (non-hydrogen) atoms. The van der Waals surface area contributed by atoms with E-state index in [-0.39, 0.29) is 12.5 Å². The summed E-state index contributed by atoms with van der Waals surface area (Å²) < 4.78 is 27.9. The Hall–Kier alpha value is 0.180. The molecule has 0 saturated carbocycles. The van der Waals surface area contributed by atoms with Gasteiger partial charge in [-0.1, -0.05) is 0 Å². The number of piperidine rings is 1. The molecule has 0 unspecified atom stereocenters. The molecule has 0 bridgehead atoms. The van der Waals surface area contributed by atoms with Gasteiger partial charge in [0, 0.05) is 26.2 Å². The van der Waals surface area contributed by atoms with Crippen LogP contribution in [0, 0.1) is 5.92 Å². The van der Waals surface area contributed by atoms with E-state index in [1.54, 1.807) is 11.8 Å². The lowest BCUT2D eigenvalue weighted by Gasteiger charge is -2.30. The number of thioether (sulfide) groups is 1. The molecule has 0 amide bonds. The molecule has 0 spiro atoms. The molecule has 0 aromatic heterocycles. The lowest BCUT2D eigenvalue weighted by molar-refractivity contribution is 0.169. The van der Waals surface area contributed by atoms with Crippen molar-refractivity contribution in [1.82, 2.24) is 9.03 Å². The van der Waals surface area contributed by atoms with Crippen molar-refractivity contribution in [3.63, 3.8) is 0 Å². The third kappa shape index (κ3) is 5.13. The van der Waals surface area contributed by atoms with Crippen LogP contribution in [-0.4, -0.2) is 56.1 Å². The molecule has 0 radical (unpaired) electrons. The molecule has 0 aromatic rings. The molecule has 1 aliphatic heterocycles. The van der Waals surface area contributed by atoms with Crippen molar-refractivity contribution in [2.75, 3.05) is 38.2 Å². The largest absolute Gasteiger partial charge is 0.396 e. The molecule has 5 nitrogen and oxygen atoms in total. The van der Waals surface area contributed by atoms with Gasteiger partial charge in [0.25, 0.3) is 10.2 Å². The monoisotopic (exact) mass is 282 g/mol. The first-order chi connectivity index (χ1) is 8.10. The highest BCUT2D eigenvalue weighted by Gasteiger charge is 2.26. The average molecular weight is 282 g/mol. The van der Waals surface area contributed by atoms with Gasteiger partial charge in [0.05, 0.1) is 0 Å². The van der Waals surface area contributed by atoms with Gasteiger partial charge in [-0.3, -0.25) is 0 Å². The number of nitrogens with one attached hydrogen (secondary N) is 1. The minimum absolute atomic E-state index is 0.162. The Morgan fingerprint density at radius 2 is 2.06 bits per heavy atom. The van der Waals surface area contributed by atoms with E-state index in [4.69, 9.17) is 5.11 Å². The second-order valence-electron chi connectivity index (χ2n) is 4.27. The summed E-state index contributed by atoms with van der Waals surface area (Å²) in [5, 5.41) is 8.99. The minimum atomic E-state index is -3.30. The Morgan fingerprint density at radius 1 is 1.41 bits per heavy atom. The van der Waals surface area contributed by atoms with Crippen LogP contribution in [0.3, 0.4) is 0 Å². The van der Waals surface area contributed by atoms with Crippen molar-refractivity contribution < 1.29 is 13.5 Å². The maximum atomic E-state index is 11.9. The average Bonchev–Trinajstić information content (AvgIpc) is 2.35. The van der Waals surface area contributed by atoms with Crippen LogP contribution in [-0.2, 0) is 10.2 Å². The molecule has 2 N–H and O–H groups in total. The first-order valence-corrected chi connectivity index (χ1v) is 8.78. The Balaban J connectivity index is 2.33. The van der Waals surface area contributed by atoms with Crippen LogP contribution in [0.4, 0.5) is 0 Å². The normalized spacial score (nSPS) is 19.6. The van der Waals surface area contributed by atoms with Gasteiger partial charge in [-0.25, -0.2) is 4.72 Å². The molecule has 0 aromatic carbocycles. The zero-order valence-electron chi connectivity index (χ0n) is 10.3. The molecular formula is C10H22N2O3S2. The minimum Gasteiger partial charge on any atom is -0.396 e. The van der Waals surface area contributed by atoms with Crippen LogP contribution < -0.4 is 4.72 Å². The molecule has 7 heteroatoms. The van der Waals surface area contributed by atoms with E-state index in [1.807, 2.05) is 6.26 Å². The molecule has 1 heterocycles. The van der Waals surface area contributed by atoms with Crippen LogP contribution in [0.2, 0.25) is 0 Å². The highest BCUT2D eigenvalue weighted by atomic mass is 32.2. The fourth-order valence-corrected chi connectivity index (χ4v) is 3.55. The van der Waals surface area contributed by atoms with Gasteiger partial charge in [0.15, 0.2) is 0 Å². The lowest BCUT2D eigenvalue weighted by atomic mass is 10.00. The van der Waals surface area contributed by atoms with Gasteiger partial charge >= 0.3 is 0 Å². The summed E-state index contributed by atoms with van der Waals surface area (Å²) in [5.74, 6) is 1.23. The summed E-state index contributed by atoms with van der Waals surface area (Å²) in [4.78, 5) is 0. The third-order valence-electron chi connectivity index (χ3n) is 2.98. The highest BCUT2D eigenvalue weighted by molar-refractivity contribution is 7.98. The Kier molecular flexibility index (Phi) is 6.79. The lowest BCUT2D eigenvalue weighted by Crippen LogP contribution is -2.45. The number of aliphatic hydroxyl groups excluding tert-OH is 1. The van der Waals surface area contributed by atoms with Gasteiger partial charge < -0.3 is 5.11 Å². The Morgan fingerprint density at radius 3 is 2.59 bits per heavy atom.